The fraction of sp³-hybridized carbons (Fsp3) is 1.00. The van der Waals surface area contributed by atoms with E-state index in [1.54, 1.807) is 0 Å². The first kappa shape index (κ1) is 17.9. The van der Waals surface area contributed by atoms with Gasteiger partial charge in [-0.05, 0) is 43.9 Å². The average molecular weight is 367 g/mol. The van der Waals surface area contributed by atoms with Crippen molar-refractivity contribution < 1.29 is 23.8 Å². The number of hydrogen-bond acceptors (Lipinski definition) is 4. The van der Waals surface area contributed by atoms with Gasteiger partial charge in [-0.15, -0.1) is 0 Å². The maximum atomic E-state index is 5.98. The van der Waals surface area contributed by atoms with Crippen LogP contribution in [0.25, 0.3) is 0 Å². The van der Waals surface area contributed by atoms with E-state index in [-0.39, 0.29) is 12.2 Å². The van der Waals surface area contributed by atoms with Crippen molar-refractivity contribution in [3.05, 3.63) is 0 Å². The van der Waals surface area contributed by atoms with Gasteiger partial charge in [0.1, 0.15) is 6.79 Å². The Balaban J connectivity index is 1.38. The zero-order chi connectivity index (χ0) is 17.8. The number of piperidine rings is 2. The molecule has 2 saturated carbocycles. The summed E-state index contributed by atoms with van der Waals surface area (Å²) in [5.74, 6) is 3.88. The van der Waals surface area contributed by atoms with Crippen molar-refractivity contribution in [1.82, 2.24) is 0 Å². The molecule has 5 heteroatoms. The van der Waals surface area contributed by atoms with Gasteiger partial charge in [-0.25, -0.2) is 0 Å². The largest absolute Gasteiger partial charge is 0.379 e. The molecule has 5 nitrogen and oxygen atoms in total. The minimum Gasteiger partial charge on any atom is -0.379 e. The summed E-state index contributed by atoms with van der Waals surface area (Å²) in [5.41, 5.74) is 0. The third-order valence-corrected chi connectivity index (χ3v) is 8.83. The Morgan fingerprint density at radius 1 is 0.885 bits per heavy atom. The van der Waals surface area contributed by atoms with Crippen LogP contribution in [-0.4, -0.2) is 64.6 Å². The lowest BCUT2D eigenvalue weighted by atomic mass is 9.58. The summed E-state index contributed by atoms with van der Waals surface area (Å²) >= 11 is 0. The van der Waals surface area contributed by atoms with Crippen molar-refractivity contribution in [1.29, 1.82) is 0 Å². The van der Waals surface area contributed by atoms with E-state index in [9.17, 15) is 0 Å². The van der Waals surface area contributed by atoms with E-state index < -0.39 is 0 Å². The predicted octanol–water partition coefficient (Wildman–Crippen LogP) is 1.12. The molecule has 0 bridgehead atoms. The topological polar surface area (TPSA) is 41.4 Å². The number of rotatable bonds is 2. The molecular formula is C21H36NO4+. The van der Waals surface area contributed by atoms with Gasteiger partial charge in [0.05, 0.1) is 43.5 Å². The van der Waals surface area contributed by atoms with Crippen molar-refractivity contribution in [2.45, 2.75) is 69.5 Å². The van der Waals surface area contributed by atoms with Crippen molar-refractivity contribution in [2.75, 3.05) is 34.1 Å². The second-order valence-electron chi connectivity index (χ2n) is 9.59. The fourth-order valence-corrected chi connectivity index (χ4v) is 7.74. The Morgan fingerprint density at radius 2 is 1.69 bits per heavy atom. The highest BCUT2D eigenvalue weighted by Crippen LogP contribution is 2.47. The molecule has 5 aliphatic rings. The number of nitrogens with one attached hydrogen (secondary N) is 1. The molecule has 3 heterocycles. The number of quaternary nitrogens is 1. The van der Waals surface area contributed by atoms with Crippen molar-refractivity contribution >= 4 is 0 Å². The smallest absolute Gasteiger partial charge is 0.147 e. The van der Waals surface area contributed by atoms with Crippen LogP contribution in [0.15, 0.2) is 0 Å². The lowest BCUT2D eigenvalue weighted by molar-refractivity contribution is -0.952. The van der Waals surface area contributed by atoms with Gasteiger partial charge < -0.3 is 23.8 Å². The molecule has 11 unspecified atom stereocenters. The van der Waals surface area contributed by atoms with Crippen molar-refractivity contribution in [3.8, 4) is 0 Å². The Hall–Kier alpha value is -0.200. The van der Waals surface area contributed by atoms with Crippen LogP contribution in [0.4, 0.5) is 0 Å². The van der Waals surface area contributed by atoms with Crippen LogP contribution in [0, 0.1) is 29.6 Å². The minimum absolute atomic E-state index is 0.273. The van der Waals surface area contributed by atoms with Crippen LogP contribution in [-0.2, 0) is 18.9 Å². The number of hydrogen-bond donors (Lipinski definition) is 1. The van der Waals surface area contributed by atoms with Crippen LogP contribution < -0.4 is 4.90 Å². The van der Waals surface area contributed by atoms with Crippen LogP contribution >= 0.6 is 0 Å². The van der Waals surface area contributed by atoms with Crippen LogP contribution in [0.2, 0.25) is 0 Å². The van der Waals surface area contributed by atoms with E-state index in [0.29, 0.717) is 24.9 Å². The molecule has 3 saturated heterocycles. The molecule has 26 heavy (non-hydrogen) atoms. The van der Waals surface area contributed by atoms with Crippen molar-refractivity contribution in [3.63, 3.8) is 0 Å². The molecule has 1 N–H and O–H groups in total. The van der Waals surface area contributed by atoms with E-state index >= 15 is 0 Å². The molecule has 148 valence electrons. The second kappa shape index (κ2) is 7.00. The van der Waals surface area contributed by atoms with E-state index in [0.717, 1.165) is 36.1 Å². The van der Waals surface area contributed by atoms with E-state index in [1.165, 1.54) is 38.8 Å². The number of ether oxygens (including phenoxy) is 4. The average Bonchev–Trinajstić information content (AvgIpc) is 3.12. The molecule has 0 aromatic rings. The molecule has 5 fully saturated rings. The van der Waals surface area contributed by atoms with Gasteiger partial charge in [-0.2, -0.15) is 0 Å². The Kier molecular flexibility index (Phi) is 4.81. The summed E-state index contributed by atoms with van der Waals surface area (Å²) in [5, 5.41) is 0. The zero-order valence-corrected chi connectivity index (χ0v) is 16.6. The van der Waals surface area contributed by atoms with E-state index in [4.69, 9.17) is 18.9 Å². The van der Waals surface area contributed by atoms with Gasteiger partial charge in [0.15, 0.2) is 0 Å². The van der Waals surface area contributed by atoms with Crippen LogP contribution in [0.3, 0.4) is 0 Å². The normalized spacial score (nSPS) is 56.2. The highest BCUT2D eigenvalue weighted by Gasteiger charge is 2.57. The van der Waals surface area contributed by atoms with Gasteiger partial charge in [-0.1, -0.05) is 6.92 Å². The lowest BCUT2D eigenvalue weighted by Crippen LogP contribution is -3.21. The quantitative estimate of drug-likeness (QED) is 0.795. The number of fused-ring (bicyclic) bond motifs is 5. The van der Waals surface area contributed by atoms with Crippen LogP contribution in [0.5, 0.6) is 0 Å². The SMILES string of the molecule is COC1CCC2C(C)C3C4CC5OCOC5CC4CC[NH+]3CC2C1OC. The summed E-state index contributed by atoms with van der Waals surface area (Å²) in [6.45, 7) is 5.66. The Bertz CT molecular complexity index is 516. The molecule has 3 aliphatic heterocycles. The first-order valence-electron chi connectivity index (χ1n) is 10.8. The molecule has 5 rings (SSSR count). The minimum atomic E-state index is 0.273. The highest BCUT2D eigenvalue weighted by atomic mass is 16.7. The van der Waals surface area contributed by atoms with E-state index in [2.05, 4.69) is 6.92 Å². The van der Waals surface area contributed by atoms with Gasteiger partial charge in [0, 0.05) is 32.0 Å². The van der Waals surface area contributed by atoms with Crippen molar-refractivity contribution in [2.24, 2.45) is 29.6 Å². The molecule has 0 amide bonds. The fourth-order valence-electron chi connectivity index (χ4n) is 7.74. The Labute approximate surface area is 157 Å². The maximum absolute atomic E-state index is 5.98. The second-order valence-corrected chi connectivity index (χ2v) is 9.59. The van der Waals surface area contributed by atoms with Gasteiger partial charge >= 0.3 is 0 Å². The molecule has 0 spiro atoms. The predicted molar refractivity (Wildman–Crippen MR) is 96.9 cm³/mol. The standard InChI is InChI=1S/C21H35NO4/c1-12-14-4-5-17(23-2)21(24-3)16(14)10-22-7-6-13-8-18-19(26-11-25-18)9-15(13)20(12)22/h12-21H,4-11H2,1-3H3/p+1. The molecule has 11 atom stereocenters. The first-order chi connectivity index (χ1) is 12.7. The summed E-state index contributed by atoms with van der Waals surface area (Å²) in [4.78, 5) is 1.84. The number of methoxy groups -OCH3 is 2. The molecule has 2 aliphatic carbocycles. The van der Waals surface area contributed by atoms with Crippen LogP contribution in [0.1, 0.15) is 39.0 Å². The molecule has 0 aromatic carbocycles. The van der Waals surface area contributed by atoms with Gasteiger partial charge in [0.2, 0.25) is 0 Å². The molecular weight excluding hydrogens is 330 g/mol. The Morgan fingerprint density at radius 3 is 2.46 bits per heavy atom. The summed E-state index contributed by atoms with van der Waals surface area (Å²) in [6.07, 6.45) is 7.55. The first-order valence-corrected chi connectivity index (χ1v) is 10.8. The molecule has 0 aromatic heterocycles. The summed E-state index contributed by atoms with van der Waals surface area (Å²) in [7, 11) is 3.74. The monoisotopic (exact) mass is 366 g/mol. The summed E-state index contributed by atoms with van der Waals surface area (Å²) < 4.78 is 23.5. The van der Waals surface area contributed by atoms with Gasteiger partial charge in [-0.3, -0.25) is 0 Å². The third kappa shape index (κ3) is 2.69. The zero-order valence-electron chi connectivity index (χ0n) is 16.6. The molecule has 0 radical (unpaired) electrons. The highest BCUT2D eigenvalue weighted by molar-refractivity contribution is 5.00. The maximum Gasteiger partial charge on any atom is 0.147 e. The summed E-state index contributed by atoms with van der Waals surface area (Å²) in [6, 6.07) is 0.803. The lowest BCUT2D eigenvalue weighted by Gasteiger charge is -2.57. The van der Waals surface area contributed by atoms with Gasteiger partial charge in [0.25, 0.3) is 0 Å². The third-order valence-electron chi connectivity index (χ3n) is 8.83. The van der Waals surface area contributed by atoms with E-state index in [1.807, 2.05) is 19.1 Å².